The summed E-state index contributed by atoms with van der Waals surface area (Å²) in [5.74, 6) is -0.893. The van der Waals surface area contributed by atoms with Crippen LogP contribution in [0.3, 0.4) is 0 Å². The number of fused-ring (bicyclic) bond motifs is 1. The third-order valence-electron chi connectivity index (χ3n) is 5.98. The molecule has 1 saturated heterocycles. The minimum absolute atomic E-state index is 0.264. The molecule has 2 heterocycles. The predicted molar refractivity (Wildman–Crippen MR) is 116 cm³/mol. The molecule has 0 radical (unpaired) electrons. The van der Waals surface area contributed by atoms with E-state index in [2.05, 4.69) is 59.7 Å². The maximum atomic E-state index is 11.4. The summed E-state index contributed by atoms with van der Waals surface area (Å²) in [6.45, 7) is 7.72. The molecule has 1 fully saturated rings. The molecule has 1 N–H and O–H groups in total. The van der Waals surface area contributed by atoms with Crippen LogP contribution in [0.15, 0.2) is 48.5 Å². The topological polar surface area (TPSA) is 52.8 Å². The molecule has 0 aromatic heterocycles. The molecule has 0 unspecified atom stereocenters. The first kappa shape index (κ1) is 19.4. The summed E-state index contributed by atoms with van der Waals surface area (Å²) >= 11 is 0. The van der Waals surface area contributed by atoms with E-state index in [0.29, 0.717) is 5.56 Å². The zero-order chi connectivity index (χ0) is 20.6. The normalized spacial score (nSPS) is 18.4. The lowest BCUT2D eigenvalue weighted by atomic mass is 9.80. The number of nitrogens with zero attached hydrogens (tertiary/aromatic N) is 2. The minimum atomic E-state index is -0.893. The van der Waals surface area contributed by atoms with Crippen molar-refractivity contribution in [1.82, 2.24) is 0 Å². The molecular formula is C24H27N2O3+. The van der Waals surface area contributed by atoms with E-state index in [1.54, 1.807) is 12.1 Å². The number of morpholine rings is 1. The van der Waals surface area contributed by atoms with Gasteiger partial charge in [-0.2, -0.15) is 4.58 Å². The largest absolute Gasteiger partial charge is 0.478 e. The fraction of sp³-hybridized carbons (Fsp3) is 0.333. The molecule has 5 nitrogen and oxygen atoms in total. The van der Waals surface area contributed by atoms with E-state index in [-0.39, 0.29) is 5.41 Å². The van der Waals surface area contributed by atoms with Gasteiger partial charge >= 0.3 is 5.97 Å². The van der Waals surface area contributed by atoms with Gasteiger partial charge in [0.25, 0.3) is 0 Å². The number of aromatic carboxylic acids is 1. The van der Waals surface area contributed by atoms with Gasteiger partial charge in [0.2, 0.25) is 5.69 Å². The Morgan fingerprint density at radius 1 is 1.10 bits per heavy atom. The number of carboxylic acids is 1. The van der Waals surface area contributed by atoms with E-state index in [9.17, 15) is 9.90 Å². The number of ether oxygens (including phenoxy) is 1. The van der Waals surface area contributed by atoms with E-state index in [4.69, 9.17) is 4.74 Å². The van der Waals surface area contributed by atoms with Gasteiger partial charge in [0.15, 0.2) is 5.71 Å². The highest BCUT2D eigenvalue weighted by molar-refractivity contribution is 6.05. The number of benzene rings is 2. The van der Waals surface area contributed by atoms with Crippen molar-refractivity contribution in [1.29, 1.82) is 0 Å². The lowest BCUT2D eigenvalue weighted by molar-refractivity contribution is -0.401. The summed E-state index contributed by atoms with van der Waals surface area (Å²) in [4.78, 5) is 13.7. The summed E-state index contributed by atoms with van der Waals surface area (Å²) in [6, 6.07) is 14.0. The molecule has 2 aromatic carbocycles. The van der Waals surface area contributed by atoms with Gasteiger partial charge in [0, 0.05) is 36.5 Å². The van der Waals surface area contributed by atoms with E-state index in [1.807, 2.05) is 13.1 Å². The maximum Gasteiger partial charge on any atom is 0.335 e. The van der Waals surface area contributed by atoms with E-state index >= 15 is 0 Å². The molecular weight excluding hydrogens is 364 g/mol. The lowest BCUT2D eigenvalue weighted by Crippen LogP contribution is -2.36. The number of allylic oxidation sites excluding steroid dienone is 1. The fourth-order valence-electron chi connectivity index (χ4n) is 4.26. The smallest absolute Gasteiger partial charge is 0.335 e. The number of hydrogen-bond donors (Lipinski definition) is 1. The average molecular weight is 391 g/mol. The van der Waals surface area contributed by atoms with Crippen LogP contribution >= 0.6 is 0 Å². The van der Waals surface area contributed by atoms with Gasteiger partial charge in [-0.05, 0) is 49.8 Å². The first-order valence-electron chi connectivity index (χ1n) is 9.98. The number of carboxylic acid groups (broad SMARTS) is 1. The third-order valence-corrected chi connectivity index (χ3v) is 5.98. The van der Waals surface area contributed by atoms with Crippen molar-refractivity contribution in [3.8, 4) is 0 Å². The summed E-state index contributed by atoms with van der Waals surface area (Å²) in [5, 5.41) is 9.34. The SMILES string of the molecule is C[N+]1=C(/C=C/c2ccc(N3CCOCC3)cc2)C(C)(C)c2cc(C(=O)O)ccc21. The van der Waals surface area contributed by atoms with Crippen molar-refractivity contribution >= 4 is 29.1 Å². The Labute approximate surface area is 171 Å². The van der Waals surface area contributed by atoms with Crippen LogP contribution in [0.2, 0.25) is 0 Å². The van der Waals surface area contributed by atoms with Crippen LogP contribution in [-0.4, -0.2) is 54.7 Å². The summed E-state index contributed by atoms with van der Waals surface area (Å²) < 4.78 is 7.58. The monoisotopic (exact) mass is 391 g/mol. The van der Waals surface area contributed by atoms with Crippen molar-refractivity contribution in [3.63, 3.8) is 0 Å². The molecule has 2 aromatic rings. The van der Waals surface area contributed by atoms with Crippen LogP contribution in [-0.2, 0) is 10.2 Å². The predicted octanol–water partition coefficient (Wildman–Crippen LogP) is 3.94. The Morgan fingerprint density at radius 2 is 1.79 bits per heavy atom. The number of hydrogen-bond acceptors (Lipinski definition) is 3. The van der Waals surface area contributed by atoms with Crippen molar-refractivity contribution in [2.45, 2.75) is 19.3 Å². The first-order chi connectivity index (χ1) is 13.9. The number of rotatable bonds is 4. The lowest BCUT2D eigenvalue weighted by Gasteiger charge is -2.28. The molecule has 0 bridgehead atoms. The molecule has 4 rings (SSSR count). The van der Waals surface area contributed by atoms with Gasteiger partial charge in [0.1, 0.15) is 7.05 Å². The second-order valence-corrected chi connectivity index (χ2v) is 8.13. The number of anilines is 1. The average Bonchev–Trinajstić information content (AvgIpc) is 2.92. The molecule has 150 valence electrons. The van der Waals surface area contributed by atoms with Gasteiger partial charge in [0.05, 0.1) is 24.2 Å². The summed E-state index contributed by atoms with van der Waals surface area (Å²) in [6.07, 6.45) is 4.27. The molecule has 2 aliphatic heterocycles. The molecule has 29 heavy (non-hydrogen) atoms. The Kier molecular flexibility index (Phi) is 5.01. The third kappa shape index (κ3) is 3.58. The molecule has 0 saturated carbocycles. The highest BCUT2D eigenvalue weighted by atomic mass is 16.5. The van der Waals surface area contributed by atoms with Crippen LogP contribution in [0.4, 0.5) is 11.4 Å². The Morgan fingerprint density at radius 3 is 2.45 bits per heavy atom. The van der Waals surface area contributed by atoms with Crippen LogP contribution in [0.25, 0.3) is 6.08 Å². The summed E-state index contributed by atoms with van der Waals surface area (Å²) in [7, 11) is 2.04. The molecule has 0 spiro atoms. The Balaban J connectivity index is 1.58. The number of carbonyl (C=O) groups is 1. The zero-order valence-corrected chi connectivity index (χ0v) is 17.2. The standard InChI is InChI=1S/C24H26N2O3/c1-24(2)20-16-18(23(27)28)7-10-21(20)25(3)22(24)11-6-17-4-8-19(9-5-17)26-12-14-29-15-13-26/h4-11,16H,12-15H2,1-3H3/p+1. The van der Waals surface area contributed by atoms with Crippen LogP contribution in [0.5, 0.6) is 0 Å². The fourth-order valence-corrected chi connectivity index (χ4v) is 4.26. The molecule has 0 aliphatic carbocycles. The Hall–Kier alpha value is -2.92. The Bertz CT molecular complexity index is 997. The van der Waals surface area contributed by atoms with Crippen LogP contribution in [0.1, 0.15) is 35.3 Å². The van der Waals surface area contributed by atoms with Crippen molar-refractivity contribution < 1.29 is 19.2 Å². The van der Waals surface area contributed by atoms with Crippen molar-refractivity contribution in [3.05, 3.63) is 65.2 Å². The maximum absolute atomic E-state index is 11.4. The van der Waals surface area contributed by atoms with E-state index in [0.717, 1.165) is 48.8 Å². The molecule has 0 amide bonds. The zero-order valence-electron chi connectivity index (χ0n) is 17.2. The van der Waals surface area contributed by atoms with Crippen LogP contribution in [0, 0.1) is 0 Å². The highest BCUT2D eigenvalue weighted by Gasteiger charge is 2.43. The minimum Gasteiger partial charge on any atom is -0.478 e. The summed E-state index contributed by atoms with van der Waals surface area (Å²) in [5.41, 5.74) is 5.68. The molecule has 2 aliphatic rings. The van der Waals surface area contributed by atoms with E-state index < -0.39 is 5.97 Å². The first-order valence-corrected chi connectivity index (χ1v) is 9.98. The highest BCUT2D eigenvalue weighted by Crippen LogP contribution is 2.40. The van der Waals surface area contributed by atoms with Crippen LogP contribution < -0.4 is 4.90 Å². The quantitative estimate of drug-likeness (QED) is 0.802. The molecule has 5 heteroatoms. The van der Waals surface area contributed by atoms with Gasteiger partial charge in [-0.25, -0.2) is 4.79 Å². The van der Waals surface area contributed by atoms with Gasteiger partial charge < -0.3 is 14.7 Å². The van der Waals surface area contributed by atoms with Gasteiger partial charge in [-0.3, -0.25) is 0 Å². The van der Waals surface area contributed by atoms with Gasteiger partial charge in [-0.1, -0.05) is 12.1 Å². The van der Waals surface area contributed by atoms with Gasteiger partial charge in [-0.15, -0.1) is 0 Å². The van der Waals surface area contributed by atoms with E-state index in [1.165, 1.54) is 5.69 Å². The van der Waals surface area contributed by atoms with Crippen molar-refractivity contribution in [2.24, 2.45) is 0 Å². The second kappa shape index (κ2) is 7.48. The second-order valence-electron chi connectivity index (χ2n) is 8.13. The molecule has 0 atom stereocenters. The van der Waals surface area contributed by atoms with Crippen molar-refractivity contribution in [2.75, 3.05) is 38.3 Å².